The van der Waals surface area contributed by atoms with Crippen LogP contribution in [0.15, 0.2) is 42.5 Å². The highest BCUT2D eigenvalue weighted by Gasteiger charge is 2.37. The fourth-order valence-electron chi connectivity index (χ4n) is 2.42. The van der Waals surface area contributed by atoms with Crippen LogP contribution in [0.2, 0.25) is 18.1 Å². The first-order valence-electron chi connectivity index (χ1n) is 9.54. The Morgan fingerprint density at radius 1 is 1.08 bits per heavy atom. The van der Waals surface area contributed by atoms with E-state index in [1.54, 1.807) is 0 Å². The molecule has 0 saturated heterocycles. The number of allylic oxidation sites excluding steroid dienone is 1. The van der Waals surface area contributed by atoms with Crippen LogP contribution in [0.4, 0.5) is 0 Å². The molecule has 0 saturated carbocycles. The Kier molecular flexibility index (Phi) is 8.45. The molecule has 0 heterocycles. The van der Waals surface area contributed by atoms with Crippen LogP contribution in [0, 0.1) is 5.92 Å². The Morgan fingerprint density at radius 3 is 2.25 bits per heavy atom. The van der Waals surface area contributed by atoms with E-state index in [1.165, 1.54) is 24.8 Å². The summed E-state index contributed by atoms with van der Waals surface area (Å²) >= 11 is 0. The van der Waals surface area contributed by atoms with E-state index in [1.807, 2.05) is 0 Å². The van der Waals surface area contributed by atoms with Crippen molar-refractivity contribution < 1.29 is 4.43 Å². The minimum Gasteiger partial charge on any atom is -0.416 e. The largest absolute Gasteiger partial charge is 0.416 e. The van der Waals surface area contributed by atoms with Gasteiger partial charge in [-0.05, 0) is 36.0 Å². The van der Waals surface area contributed by atoms with E-state index in [2.05, 4.69) is 90.2 Å². The second-order valence-corrected chi connectivity index (χ2v) is 13.4. The highest BCUT2D eigenvalue weighted by molar-refractivity contribution is 6.74. The lowest BCUT2D eigenvalue weighted by Crippen LogP contribution is -2.41. The van der Waals surface area contributed by atoms with E-state index in [0.29, 0.717) is 11.8 Å². The van der Waals surface area contributed by atoms with Crippen LogP contribution in [0.3, 0.4) is 0 Å². The molecule has 0 aliphatic rings. The van der Waals surface area contributed by atoms with Gasteiger partial charge >= 0.3 is 0 Å². The molecule has 1 nitrogen and oxygen atoms in total. The van der Waals surface area contributed by atoms with Gasteiger partial charge in [-0.15, -0.1) is 0 Å². The first-order chi connectivity index (χ1) is 11.2. The molecule has 2 atom stereocenters. The van der Waals surface area contributed by atoms with Crippen molar-refractivity contribution >= 4 is 8.32 Å². The average molecular weight is 347 g/mol. The summed E-state index contributed by atoms with van der Waals surface area (Å²) in [5, 5.41) is 0.256. The zero-order valence-electron chi connectivity index (χ0n) is 16.9. The summed E-state index contributed by atoms with van der Waals surface area (Å²) in [6, 6.07) is 10.8. The molecule has 1 aromatic rings. The summed E-state index contributed by atoms with van der Waals surface area (Å²) in [4.78, 5) is 0. The molecule has 0 fully saturated rings. The minimum atomic E-state index is -1.71. The summed E-state index contributed by atoms with van der Waals surface area (Å²) in [6.07, 6.45) is 8.62. The van der Waals surface area contributed by atoms with E-state index < -0.39 is 8.32 Å². The number of hydrogen-bond acceptors (Lipinski definition) is 1. The smallest absolute Gasteiger partial charge is 0.192 e. The van der Waals surface area contributed by atoms with Crippen molar-refractivity contribution in [3.05, 3.63) is 48.0 Å². The Labute approximate surface area is 151 Å². The monoisotopic (exact) mass is 346 g/mol. The Hall–Kier alpha value is -0.863. The maximum absolute atomic E-state index is 6.51. The zero-order chi connectivity index (χ0) is 18.2. The maximum atomic E-state index is 6.51. The van der Waals surface area contributed by atoms with Gasteiger partial charge in [-0.3, -0.25) is 0 Å². The summed E-state index contributed by atoms with van der Waals surface area (Å²) in [5.41, 5.74) is 1.36. The lowest BCUT2D eigenvalue weighted by atomic mass is 9.96. The van der Waals surface area contributed by atoms with Crippen molar-refractivity contribution in [3.63, 3.8) is 0 Å². The molecule has 0 N–H and O–H groups in total. The van der Waals surface area contributed by atoms with Gasteiger partial charge in [0.15, 0.2) is 8.32 Å². The van der Waals surface area contributed by atoms with Crippen LogP contribution >= 0.6 is 0 Å². The van der Waals surface area contributed by atoms with Crippen molar-refractivity contribution in [2.24, 2.45) is 5.92 Å². The van der Waals surface area contributed by atoms with Gasteiger partial charge < -0.3 is 4.43 Å². The van der Waals surface area contributed by atoms with Gasteiger partial charge in [-0.25, -0.2) is 0 Å². The van der Waals surface area contributed by atoms with Crippen LogP contribution in [0.5, 0.6) is 0 Å². The molecule has 1 aromatic carbocycles. The minimum absolute atomic E-state index is 0.256. The van der Waals surface area contributed by atoms with Crippen LogP contribution in [0.1, 0.15) is 65.4 Å². The van der Waals surface area contributed by atoms with E-state index >= 15 is 0 Å². The molecule has 0 amide bonds. The number of benzene rings is 1. The van der Waals surface area contributed by atoms with E-state index in [9.17, 15) is 0 Å². The fourth-order valence-corrected chi connectivity index (χ4v) is 3.45. The second kappa shape index (κ2) is 9.58. The summed E-state index contributed by atoms with van der Waals surface area (Å²) in [6.45, 7) is 17.0. The summed E-state index contributed by atoms with van der Waals surface area (Å²) in [7, 11) is -1.71. The predicted octanol–water partition coefficient (Wildman–Crippen LogP) is 7.17. The Morgan fingerprint density at radius 2 is 1.71 bits per heavy atom. The van der Waals surface area contributed by atoms with Crippen LogP contribution in [0.25, 0.3) is 0 Å². The van der Waals surface area contributed by atoms with Crippen LogP contribution < -0.4 is 0 Å². The second-order valence-electron chi connectivity index (χ2n) is 8.59. The van der Waals surface area contributed by atoms with Crippen molar-refractivity contribution in [1.82, 2.24) is 0 Å². The molecule has 0 spiro atoms. The van der Waals surface area contributed by atoms with Crippen LogP contribution in [-0.4, -0.2) is 14.9 Å². The molecule has 0 unspecified atom stereocenters. The van der Waals surface area contributed by atoms with Crippen molar-refractivity contribution in [3.8, 4) is 0 Å². The van der Waals surface area contributed by atoms with Gasteiger partial charge in [-0.2, -0.15) is 0 Å². The highest BCUT2D eigenvalue weighted by Crippen LogP contribution is 2.37. The molecule has 0 bridgehead atoms. The van der Waals surface area contributed by atoms with Crippen molar-refractivity contribution in [2.75, 3.05) is 6.61 Å². The van der Waals surface area contributed by atoms with Gasteiger partial charge in [0.2, 0.25) is 0 Å². The topological polar surface area (TPSA) is 9.23 Å². The Balaban J connectivity index is 2.82. The molecule has 0 aliphatic carbocycles. The first-order valence-corrected chi connectivity index (χ1v) is 12.5. The number of hydrogen-bond donors (Lipinski definition) is 0. The first kappa shape index (κ1) is 21.2. The van der Waals surface area contributed by atoms with Crippen molar-refractivity contribution in [2.45, 2.75) is 77.9 Å². The van der Waals surface area contributed by atoms with E-state index in [0.717, 1.165) is 6.61 Å². The standard InChI is InChI=1S/C22H38OSi/c1-8-9-13-19(2)16-17-21(20-14-11-10-12-15-20)18-23-24(6,7)22(3,4)5/h10-12,14-17,19,21H,8-9,13,18H2,1-7H3/b17-16+/t19-,21-/m1/s1. The van der Waals surface area contributed by atoms with Crippen LogP contribution in [-0.2, 0) is 4.43 Å². The fraction of sp³-hybridized carbons (Fsp3) is 0.636. The normalized spacial score (nSPS) is 15.6. The number of unbranched alkanes of at least 4 members (excludes halogenated alkanes) is 1. The van der Waals surface area contributed by atoms with Crippen molar-refractivity contribution in [1.29, 1.82) is 0 Å². The van der Waals surface area contributed by atoms with Gasteiger partial charge in [0.05, 0.1) is 0 Å². The zero-order valence-corrected chi connectivity index (χ0v) is 17.9. The third-order valence-electron chi connectivity index (χ3n) is 5.34. The molecular formula is C22H38OSi. The molecule has 2 heteroatoms. The quantitative estimate of drug-likeness (QED) is 0.340. The molecule has 1 rings (SSSR count). The lowest BCUT2D eigenvalue weighted by Gasteiger charge is -2.37. The molecule has 0 radical (unpaired) electrons. The van der Waals surface area contributed by atoms with E-state index in [-0.39, 0.29) is 5.04 Å². The third-order valence-corrected chi connectivity index (χ3v) is 9.84. The molecule has 24 heavy (non-hydrogen) atoms. The Bertz CT molecular complexity index is 484. The predicted molar refractivity (Wildman–Crippen MR) is 110 cm³/mol. The van der Waals surface area contributed by atoms with Gasteiger partial charge in [0.25, 0.3) is 0 Å². The average Bonchev–Trinajstić information content (AvgIpc) is 2.52. The SMILES string of the molecule is CCCC[C@@H](C)/C=C/[C@H](CO[Si](C)(C)C(C)(C)C)c1ccccc1. The van der Waals surface area contributed by atoms with Gasteiger partial charge in [-0.1, -0.05) is 89.9 Å². The molecule has 0 aliphatic heterocycles. The maximum Gasteiger partial charge on any atom is 0.192 e. The molecule has 136 valence electrons. The number of rotatable bonds is 9. The third kappa shape index (κ3) is 6.94. The highest BCUT2D eigenvalue weighted by atomic mass is 28.4. The molecular weight excluding hydrogens is 308 g/mol. The lowest BCUT2D eigenvalue weighted by molar-refractivity contribution is 0.278. The van der Waals surface area contributed by atoms with E-state index in [4.69, 9.17) is 4.43 Å². The summed E-state index contributed by atoms with van der Waals surface area (Å²) in [5.74, 6) is 0.994. The molecule has 0 aromatic heterocycles. The van der Waals surface area contributed by atoms with Gasteiger partial charge in [0.1, 0.15) is 0 Å². The summed E-state index contributed by atoms with van der Waals surface area (Å²) < 4.78 is 6.51. The van der Waals surface area contributed by atoms with Gasteiger partial charge in [0, 0.05) is 12.5 Å².